The summed E-state index contributed by atoms with van der Waals surface area (Å²) < 4.78 is 1.49. The number of hydrogen-bond donors (Lipinski definition) is 1. The molecule has 3 rings (SSSR count). The van der Waals surface area contributed by atoms with Crippen LogP contribution in [0.25, 0.3) is 10.2 Å². The number of thiophene rings is 1. The van der Waals surface area contributed by atoms with Crippen LogP contribution >= 0.6 is 22.7 Å². The predicted molar refractivity (Wildman–Crippen MR) is 113 cm³/mol. The quantitative estimate of drug-likeness (QED) is 0.632. The average Bonchev–Trinajstić information content (AvgIpc) is 3.18. The summed E-state index contributed by atoms with van der Waals surface area (Å²) >= 11 is 2.82. The maximum Gasteiger partial charge on any atom is 0.263 e. The molecule has 3 heterocycles. The fraction of sp³-hybridized carbons (Fsp3) is 0.500. The zero-order valence-electron chi connectivity index (χ0n) is 16.7. The van der Waals surface area contributed by atoms with Gasteiger partial charge in [0.25, 0.3) is 5.56 Å². The zero-order chi connectivity index (χ0) is 20.4. The van der Waals surface area contributed by atoms with E-state index in [9.17, 15) is 9.59 Å². The van der Waals surface area contributed by atoms with Gasteiger partial charge < -0.3 is 0 Å². The first-order chi connectivity index (χ1) is 13.3. The topological polar surface area (TPSA) is 93.0 Å². The van der Waals surface area contributed by atoms with Crippen LogP contribution in [0.3, 0.4) is 0 Å². The minimum absolute atomic E-state index is 0.106. The monoisotopic (exact) mass is 420 g/mol. The van der Waals surface area contributed by atoms with Gasteiger partial charge in [-0.25, -0.2) is 4.98 Å². The molecular formula is C18H24N6O2S2. The van der Waals surface area contributed by atoms with Crippen LogP contribution < -0.4 is 10.9 Å². The smallest absolute Gasteiger partial charge is 0.263 e. The highest BCUT2D eigenvalue weighted by Crippen LogP contribution is 2.26. The molecule has 0 radical (unpaired) electrons. The molecule has 0 aromatic carbocycles. The standard InChI is InChI=1S/C18H24N6O2S2/c1-6-23(7-2)8-13-19-16-15(10(3)11(4)27-16)17(26)24(13)9-14(25)20-18-22-21-12(5)28-18/h6-9H2,1-5H3,(H,20,22,25). The molecule has 0 saturated heterocycles. The van der Waals surface area contributed by atoms with Crippen molar-refractivity contribution in [2.45, 2.75) is 47.7 Å². The Bertz CT molecular complexity index is 1060. The van der Waals surface area contributed by atoms with E-state index in [-0.39, 0.29) is 18.0 Å². The third kappa shape index (κ3) is 4.13. The number of fused-ring (bicyclic) bond motifs is 1. The third-order valence-corrected chi connectivity index (χ3v) is 6.56. The van der Waals surface area contributed by atoms with Gasteiger partial charge in [0.05, 0.1) is 11.9 Å². The third-order valence-electron chi connectivity index (χ3n) is 4.70. The van der Waals surface area contributed by atoms with Crippen molar-refractivity contribution in [1.29, 1.82) is 0 Å². The van der Waals surface area contributed by atoms with E-state index in [1.54, 1.807) is 0 Å². The van der Waals surface area contributed by atoms with Crippen LogP contribution in [-0.4, -0.2) is 43.6 Å². The number of anilines is 1. The van der Waals surface area contributed by atoms with Crippen molar-refractivity contribution in [2.75, 3.05) is 18.4 Å². The summed E-state index contributed by atoms with van der Waals surface area (Å²) in [5.41, 5.74) is 0.762. The molecule has 0 saturated carbocycles. The summed E-state index contributed by atoms with van der Waals surface area (Å²) in [4.78, 5) is 34.5. The lowest BCUT2D eigenvalue weighted by molar-refractivity contribution is -0.116. The number of aryl methyl sites for hydroxylation is 3. The van der Waals surface area contributed by atoms with E-state index in [1.807, 2.05) is 20.8 Å². The Morgan fingerprint density at radius 2 is 1.86 bits per heavy atom. The van der Waals surface area contributed by atoms with E-state index >= 15 is 0 Å². The van der Waals surface area contributed by atoms with Gasteiger partial charge in [0.15, 0.2) is 0 Å². The van der Waals surface area contributed by atoms with Gasteiger partial charge in [0.2, 0.25) is 11.0 Å². The molecule has 28 heavy (non-hydrogen) atoms. The number of nitrogens with zero attached hydrogens (tertiary/aromatic N) is 5. The van der Waals surface area contributed by atoms with Crippen molar-refractivity contribution in [2.24, 2.45) is 0 Å². The Morgan fingerprint density at radius 1 is 1.14 bits per heavy atom. The van der Waals surface area contributed by atoms with Gasteiger partial charge in [-0.05, 0) is 39.4 Å². The lowest BCUT2D eigenvalue weighted by Crippen LogP contribution is -2.34. The van der Waals surface area contributed by atoms with Gasteiger partial charge >= 0.3 is 0 Å². The summed E-state index contributed by atoms with van der Waals surface area (Å²) in [5, 5.41) is 12.3. The zero-order valence-corrected chi connectivity index (χ0v) is 18.3. The second-order valence-corrected chi connectivity index (χ2v) is 8.90. The van der Waals surface area contributed by atoms with Crippen LogP contribution in [0, 0.1) is 20.8 Å². The van der Waals surface area contributed by atoms with E-state index in [0.29, 0.717) is 22.9 Å². The molecule has 0 aliphatic rings. The largest absolute Gasteiger partial charge is 0.299 e. The van der Waals surface area contributed by atoms with Crippen molar-refractivity contribution in [1.82, 2.24) is 24.6 Å². The SMILES string of the molecule is CCN(CC)Cc1nc2sc(C)c(C)c2c(=O)n1CC(=O)Nc1nnc(C)s1. The molecule has 0 fully saturated rings. The number of carbonyl (C=O) groups excluding carboxylic acids is 1. The first-order valence-electron chi connectivity index (χ1n) is 9.15. The van der Waals surface area contributed by atoms with Crippen molar-refractivity contribution in [3.8, 4) is 0 Å². The molecular weight excluding hydrogens is 396 g/mol. The number of carbonyl (C=O) groups is 1. The number of nitrogens with one attached hydrogen (secondary N) is 1. The molecule has 0 aliphatic heterocycles. The van der Waals surface area contributed by atoms with E-state index in [2.05, 4.69) is 34.3 Å². The molecule has 8 nitrogen and oxygen atoms in total. The normalized spacial score (nSPS) is 11.5. The summed E-state index contributed by atoms with van der Waals surface area (Å²) in [5.74, 6) is 0.288. The van der Waals surface area contributed by atoms with Gasteiger partial charge in [0.1, 0.15) is 22.2 Å². The lowest BCUT2D eigenvalue weighted by atomic mass is 10.2. The molecule has 1 amide bonds. The van der Waals surface area contributed by atoms with Gasteiger partial charge in [-0.1, -0.05) is 25.2 Å². The molecule has 0 spiro atoms. The highest BCUT2D eigenvalue weighted by atomic mass is 32.1. The molecule has 10 heteroatoms. The summed E-state index contributed by atoms with van der Waals surface area (Å²) in [7, 11) is 0. The molecule has 0 atom stereocenters. The molecule has 0 unspecified atom stereocenters. The average molecular weight is 421 g/mol. The summed E-state index contributed by atoms with van der Waals surface area (Å²) in [6.07, 6.45) is 0. The molecule has 1 N–H and O–H groups in total. The van der Waals surface area contributed by atoms with Gasteiger partial charge in [-0.3, -0.25) is 24.4 Å². The van der Waals surface area contributed by atoms with Crippen molar-refractivity contribution >= 4 is 43.9 Å². The lowest BCUT2D eigenvalue weighted by Gasteiger charge is -2.20. The second kappa shape index (κ2) is 8.46. The molecule has 150 valence electrons. The van der Waals surface area contributed by atoms with Crippen molar-refractivity contribution in [3.05, 3.63) is 31.6 Å². The Labute approximate surface area is 171 Å². The number of aromatic nitrogens is 4. The minimum Gasteiger partial charge on any atom is -0.299 e. The first kappa shape index (κ1) is 20.6. The Morgan fingerprint density at radius 3 is 2.46 bits per heavy atom. The second-order valence-electron chi connectivity index (χ2n) is 6.52. The van der Waals surface area contributed by atoms with Crippen LogP contribution in [-0.2, 0) is 17.9 Å². The van der Waals surface area contributed by atoms with Crippen LogP contribution in [0.5, 0.6) is 0 Å². The van der Waals surface area contributed by atoms with Gasteiger partial charge in [-0.2, -0.15) is 0 Å². The first-order valence-corrected chi connectivity index (χ1v) is 10.8. The van der Waals surface area contributed by atoms with Crippen LogP contribution in [0.15, 0.2) is 4.79 Å². The highest BCUT2D eigenvalue weighted by Gasteiger charge is 2.19. The Kier molecular flexibility index (Phi) is 6.21. The minimum atomic E-state index is -0.315. The van der Waals surface area contributed by atoms with Crippen molar-refractivity contribution < 1.29 is 4.79 Å². The Balaban J connectivity index is 2.01. The Hall–Kier alpha value is -2.17. The van der Waals surface area contributed by atoms with Crippen LogP contribution in [0.1, 0.15) is 35.1 Å². The molecule has 0 bridgehead atoms. The number of amides is 1. The van der Waals surface area contributed by atoms with Crippen LogP contribution in [0.4, 0.5) is 5.13 Å². The fourth-order valence-electron chi connectivity index (χ4n) is 2.95. The summed E-state index contributed by atoms with van der Waals surface area (Å²) in [6.45, 7) is 11.9. The van der Waals surface area contributed by atoms with E-state index in [0.717, 1.165) is 33.4 Å². The van der Waals surface area contributed by atoms with Gasteiger partial charge in [0, 0.05) is 4.88 Å². The van der Waals surface area contributed by atoms with E-state index in [1.165, 1.54) is 27.2 Å². The number of rotatable bonds is 7. The molecule has 3 aromatic rings. The summed E-state index contributed by atoms with van der Waals surface area (Å²) in [6, 6.07) is 0. The number of hydrogen-bond acceptors (Lipinski definition) is 8. The van der Waals surface area contributed by atoms with E-state index < -0.39 is 0 Å². The van der Waals surface area contributed by atoms with Crippen molar-refractivity contribution in [3.63, 3.8) is 0 Å². The highest BCUT2D eigenvalue weighted by molar-refractivity contribution is 7.18. The molecule has 3 aromatic heterocycles. The molecule has 0 aliphatic carbocycles. The maximum atomic E-state index is 13.2. The predicted octanol–water partition coefficient (Wildman–Crippen LogP) is 2.72. The maximum absolute atomic E-state index is 13.2. The van der Waals surface area contributed by atoms with Gasteiger partial charge in [-0.15, -0.1) is 21.5 Å². The van der Waals surface area contributed by atoms with Crippen LogP contribution in [0.2, 0.25) is 0 Å². The van der Waals surface area contributed by atoms with E-state index in [4.69, 9.17) is 4.98 Å². The fourth-order valence-corrected chi connectivity index (χ4v) is 4.60.